The van der Waals surface area contributed by atoms with Gasteiger partial charge < -0.3 is 0 Å². The molecule has 264 valence electrons. The van der Waals surface area contributed by atoms with Crippen LogP contribution in [0.1, 0.15) is 0 Å². The van der Waals surface area contributed by atoms with E-state index in [4.69, 9.17) is 15.0 Å². The molecule has 0 amide bonds. The molecule has 0 N–H and O–H groups in total. The fourth-order valence-corrected chi connectivity index (χ4v) is 9.95. The van der Waals surface area contributed by atoms with Crippen LogP contribution in [0, 0.1) is 0 Å². The van der Waals surface area contributed by atoms with Crippen LogP contribution in [-0.2, 0) is 0 Å². The Morgan fingerprint density at radius 2 is 0.982 bits per heavy atom. The van der Waals surface area contributed by atoms with Gasteiger partial charge >= 0.3 is 0 Å². The summed E-state index contributed by atoms with van der Waals surface area (Å²) in [6, 6.07) is 67.2. The van der Waals surface area contributed by atoms with E-state index in [1.165, 1.54) is 63.4 Å². The summed E-state index contributed by atoms with van der Waals surface area (Å²) in [5.41, 5.74) is 10.3. The first-order chi connectivity index (χ1) is 28.2. The van der Waals surface area contributed by atoms with Crippen molar-refractivity contribution in [2.75, 3.05) is 0 Å². The van der Waals surface area contributed by atoms with Crippen molar-refractivity contribution < 1.29 is 0 Å². The van der Waals surface area contributed by atoms with Gasteiger partial charge in [-0.25, -0.2) is 15.0 Å². The standard InChI is InChI=1S/C53H31N3S/c1-2-10-32(11-3-1)45-31-46(39-15-9-14-38(30-39)40-28-26-35-21-20-33-12-8-13-34-27-29-41(40)49(35)48(33)34)56-53(55-45)37-24-22-36(23-25-37)51-52-50(42-16-4-6-18-44(42)54-51)43-17-5-7-19-47(43)57-52/h1-31H. The zero-order valence-electron chi connectivity index (χ0n) is 30.6. The lowest BCUT2D eigenvalue weighted by Gasteiger charge is -2.15. The van der Waals surface area contributed by atoms with Crippen molar-refractivity contribution in [3.05, 3.63) is 188 Å². The highest BCUT2D eigenvalue weighted by Gasteiger charge is 2.18. The van der Waals surface area contributed by atoms with Gasteiger partial charge in [0.05, 0.1) is 27.3 Å². The van der Waals surface area contributed by atoms with Crippen LogP contribution in [-0.4, -0.2) is 15.0 Å². The Bertz CT molecular complexity index is 3500. The molecule has 0 aliphatic heterocycles. The molecule has 9 aromatic carbocycles. The highest BCUT2D eigenvalue weighted by molar-refractivity contribution is 7.26. The van der Waals surface area contributed by atoms with Crippen LogP contribution in [0.5, 0.6) is 0 Å². The Morgan fingerprint density at radius 1 is 0.351 bits per heavy atom. The number of pyridine rings is 1. The van der Waals surface area contributed by atoms with Crippen molar-refractivity contribution in [2.45, 2.75) is 0 Å². The van der Waals surface area contributed by atoms with Gasteiger partial charge in [-0.15, -0.1) is 11.3 Å². The molecule has 3 nitrogen and oxygen atoms in total. The molecular formula is C53H31N3S. The Labute approximate surface area is 332 Å². The number of nitrogens with zero attached hydrogens (tertiary/aromatic N) is 3. The highest BCUT2D eigenvalue weighted by Crippen LogP contribution is 2.44. The Hall–Kier alpha value is -7.27. The van der Waals surface area contributed by atoms with Crippen LogP contribution < -0.4 is 0 Å². The fourth-order valence-electron chi connectivity index (χ4n) is 8.72. The van der Waals surface area contributed by atoms with E-state index in [1.807, 2.05) is 17.4 Å². The van der Waals surface area contributed by atoms with Gasteiger partial charge in [0.1, 0.15) is 0 Å². The fraction of sp³-hybridized carbons (Fsp3) is 0. The summed E-state index contributed by atoms with van der Waals surface area (Å²) >= 11 is 1.81. The molecule has 0 aliphatic rings. The minimum atomic E-state index is 0.685. The predicted molar refractivity (Wildman–Crippen MR) is 241 cm³/mol. The minimum absolute atomic E-state index is 0.685. The largest absolute Gasteiger partial charge is 0.246 e. The molecule has 0 unspecified atom stereocenters. The van der Waals surface area contributed by atoms with E-state index in [2.05, 4.69) is 182 Å². The molecule has 0 aliphatic carbocycles. The summed E-state index contributed by atoms with van der Waals surface area (Å²) in [5, 5.41) is 11.4. The molecule has 0 fully saturated rings. The summed E-state index contributed by atoms with van der Waals surface area (Å²) in [6.07, 6.45) is 0. The van der Waals surface area contributed by atoms with Gasteiger partial charge in [-0.3, -0.25) is 0 Å². The molecule has 3 heterocycles. The molecule has 12 aromatic rings. The molecule has 4 heteroatoms. The molecular weight excluding hydrogens is 711 g/mol. The van der Waals surface area contributed by atoms with Crippen molar-refractivity contribution in [1.29, 1.82) is 0 Å². The number of fused-ring (bicyclic) bond motifs is 5. The number of rotatable bonds is 5. The van der Waals surface area contributed by atoms with Gasteiger partial charge in [0.2, 0.25) is 0 Å². The second-order valence-corrected chi connectivity index (χ2v) is 15.8. The normalized spacial score (nSPS) is 11.9. The van der Waals surface area contributed by atoms with Crippen LogP contribution in [0.4, 0.5) is 0 Å². The zero-order valence-corrected chi connectivity index (χ0v) is 31.5. The van der Waals surface area contributed by atoms with Crippen LogP contribution in [0.2, 0.25) is 0 Å². The zero-order chi connectivity index (χ0) is 37.5. The van der Waals surface area contributed by atoms with E-state index in [0.29, 0.717) is 5.82 Å². The van der Waals surface area contributed by atoms with Crippen molar-refractivity contribution in [3.63, 3.8) is 0 Å². The average molecular weight is 742 g/mol. The Morgan fingerprint density at radius 3 is 1.82 bits per heavy atom. The number of hydrogen-bond donors (Lipinski definition) is 0. The molecule has 0 saturated heterocycles. The monoisotopic (exact) mass is 741 g/mol. The lowest BCUT2D eigenvalue weighted by Crippen LogP contribution is -1.96. The summed E-state index contributed by atoms with van der Waals surface area (Å²) in [7, 11) is 0. The topological polar surface area (TPSA) is 38.7 Å². The number of hydrogen-bond acceptors (Lipinski definition) is 4. The van der Waals surface area contributed by atoms with Gasteiger partial charge in [-0.2, -0.15) is 0 Å². The van der Waals surface area contributed by atoms with Crippen molar-refractivity contribution in [3.8, 4) is 56.3 Å². The average Bonchev–Trinajstić information content (AvgIpc) is 3.68. The van der Waals surface area contributed by atoms with Crippen LogP contribution in [0.25, 0.3) is 120 Å². The second kappa shape index (κ2) is 12.6. The Balaban J connectivity index is 0.986. The third-order valence-corrected chi connectivity index (χ3v) is 12.6. The molecule has 12 rings (SSSR count). The lowest BCUT2D eigenvalue weighted by atomic mass is 9.89. The molecule has 0 bridgehead atoms. The number of para-hydroxylation sites is 1. The van der Waals surface area contributed by atoms with E-state index >= 15 is 0 Å². The highest BCUT2D eigenvalue weighted by atomic mass is 32.1. The number of aromatic nitrogens is 3. The van der Waals surface area contributed by atoms with Crippen molar-refractivity contribution >= 4 is 74.7 Å². The summed E-state index contributed by atoms with van der Waals surface area (Å²) in [4.78, 5) is 15.7. The maximum absolute atomic E-state index is 5.26. The van der Waals surface area contributed by atoms with Crippen molar-refractivity contribution in [2.24, 2.45) is 0 Å². The first-order valence-corrected chi connectivity index (χ1v) is 20.1. The van der Waals surface area contributed by atoms with E-state index in [1.54, 1.807) is 0 Å². The van der Waals surface area contributed by atoms with Crippen molar-refractivity contribution in [1.82, 2.24) is 15.0 Å². The van der Waals surface area contributed by atoms with Gasteiger partial charge in [0, 0.05) is 43.1 Å². The molecule has 0 atom stereocenters. The molecule has 3 aromatic heterocycles. The van der Waals surface area contributed by atoms with Crippen LogP contribution in [0.3, 0.4) is 0 Å². The first-order valence-electron chi connectivity index (χ1n) is 19.3. The third kappa shape index (κ3) is 5.15. The maximum Gasteiger partial charge on any atom is 0.160 e. The smallest absolute Gasteiger partial charge is 0.160 e. The number of benzene rings is 9. The van der Waals surface area contributed by atoms with E-state index in [-0.39, 0.29) is 0 Å². The third-order valence-electron chi connectivity index (χ3n) is 11.4. The van der Waals surface area contributed by atoms with Gasteiger partial charge in [-0.1, -0.05) is 164 Å². The quantitative estimate of drug-likeness (QED) is 0.165. The second-order valence-electron chi connectivity index (χ2n) is 14.7. The molecule has 0 saturated carbocycles. The number of thiophene rings is 1. The molecule has 0 radical (unpaired) electrons. The SMILES string of the molecule is c1ccc(-c2cc(-c3cccc(-c4ccc5ccc6cccc7ccc4c5c67)c3)nc(-c3ccc(-c4nc5ccccc5c5c4sc4ccccc45)cc3)n2)cc1. The van der Waals surface area contributed by atoms with E-state index in [9.17, 15) is 0 Å². The minimum Gasteiger partial charge on any atom is -0.246 e. The van der Waals surface area contributed by atoms with E-state index < -0.39 is 0 Å². The van der Waals surface area contributed by atoms with Gasteiger partial charge in [0.25, 0.3) is 0 Å². The summed E-state index contributed by atoms with van der Waals surface area (Å²) in [6.45, 7) is 0. The Kier molecular flexibility index (Phi) is 7.10. The van der Waals surface area contributed by atoms with Crippen LogP contribution in [0.15, 0.2) is 188 Å². The predicted octanol–water partition coefficient (Wildman–Crippen LogP) is 14.6. The van der Waals surface area contributed by atoms with Crippen LogP contribution >= 0.6 is 11.3 Å². The first kappa shape index (κ1) is 32.0. The molecule has 0 spiro atoms. The van der Waals surface area contributed by atoms with Gasteiger partial charge in [-0.05, 0) is 67.7 Å². The maximum atomic E-state index is 5.26. The van der Waals surface area contributed by atoms with E-state index in [0.717, 1.165) is 50.4 Å². The van der Waals surface area contributed by atoms with Gasteiger partial charge in [0.15, 0.2) is 5.82 Å². The lowest BCUT2D eigenvalue weighted by molar-refractivity contribution is 1.18. The summed E-state index contributed by atoms with van der Waals surface area (Å²) in [5.74, 6) is 0.685. The molecule has 57 heavy (non-hydrogen) atoms. The summed E-state index contributed by atoms with van der Waals surface area (Å²) < 4.78 is 2.47.